The summed E-state index contributed by atoms with van der Waals surface area (Å²) in [7, 11) is 0. The average Bonchev–Trinajstić information content (AvgIpc) is 2.39. The van der Waals surface area contributed by atoms with Gasteiger partial charge in [0, 0.05) is 15.1 Å². The zero-order valence-corrected chi connectivity index (χ0v) is 11.8. The summed E-state index contributed by atoms with van der Waals surface area (Å²) in [5, 5.41) is 9.97. The van der Waals surface area contributed by atoms with E-state index in [4.69, 9.17) is 4.74 Å². The molecule has 1 aliphatic heterocycles. The van der Waals surface area contributed by atoms with Gasteiger partial charge in [-0.3, -0.25) is 0 Å². The molecule has 1 N–H and O–H groups in total. The third kappa shape index (κ3) is 4.05. The molecule has 1 heterocycles. The molecule has 0 aromatic heterocycles. The standard InChI is InChI=1S/C13H15BrO2S/c14-10-4-6-11(7-5-10)17-9-12(15)13-3-1-2-8-16-13/h3-7,12,15H,1-2,8-9H2. The van der Waals surface area contributed by atoms with E-state index < -0.39 is 6.10 Å². The second kappa shape index (κ2) is 6.47. The first-order valence-electron chi connectivity index (χ1n) is 5.65. The second-order valence-electron chi connectivity index (χ2n) is 3.88. The minimum atomic E-state index is -0.496. The Hall–Kier alpha value is -0.450. The smallest absolute Gasteiger partial charge is 0.121 e. The Morgan fingerprint density at radius 3 is 2.76 bits per heavy atom. The van der Waals surface area contributed by atoms with Crippen molar-refractivity contribution in [2.75, 3.05) is 12.4 Å². The highest BCUT2D eigenvalue weighted by Gasteiger charge is 2.15. The van der Waals surface area contributed by atoms with Crippen LogP contribution in [0.4, 0.5) is 0 Å². The van der Waals surface area contributed by atoms with Gasteiger partial charge >= 0.3 is 0 Å². The molecular formula is C13H15BrO2S. The molecule has 92 valence electrons. The molecule has 0 aliphatic carbocycles. The molecule has 1 aliphatic rings. The van der Waals surface area contributed by atoms with Gasteiger partial charge in [0.05, 0.1) is 6.61 Å². The fourth-order valence-electron chi connectivity index (χ4n) is 1.60. The quantitative estimate of drug-likeness (QED) is 0.861. The Morgan fingerprint density at radius 1 is 1.35 bits per heavy atom. The fraction of sp³-hybridized carbons (Fsp3) is 0.385. The fourth-order valence-corrected chi connectivity index (χ4v) is 2.70. The van der Waals surface area contributed by atoms with Crippen molar-refractivity contribution in [3.8, 4) is 0 Å². The van der Waals surface area contributed by atoms with Crippen molar-refractivity contribution in [2.45, 2.75) is 23.8 Å². The van der Waals surface area contributed by atoms with Crippen LogP contribution < -0.4 is 0 Å². The number of benzene rings is 1. The van der Waals surface area contributed by atoms with Crippen LogP contribution in [0.5, 0.6) is 0 Å². The molecule has 2 nitrogen and oxygen atoms in total. The zero-order valence-electron chi connectivity index (χ0n) is 9.43. The van der Waals surface area contributed by atoms with Crippen LogP contribution in [-0.2, 0) is 4.74 Å². The van der Waals surface area contributed by atoms with E-state index in [1.165, 1.54) is 0 Å². The van der Waals surface area contributed by atoms with Crippen molar-refractivity contribution in [2.24, 2.45) is 0 Å². The predicted octanol–water partition coefficient (Wildman–Crippen LogP) is 3.60. The summed E-state index contributed by atoms with van der Waals surface area (Å²) in [5.74, 6) is 1.37. The normalized spacial score (nSPS) is 17.2. The van der Waals surface area contributed by atoms with Gasteiger partial charge in [-0.25, -0.2) is 0 Å². The molecule has 0 saturated carbocycles. The number of thioether (sulfide) groups is 1. The van der Waals surface area contributed by atoms with E-state index in [0.29, 0.717) is 5.75 Å². The van der Waals surface area contributed by atoms with Crippen LogP contribution in [0.25, 0.3) is 0 Å². The summed E-state index contributed by atoms with van der Waals surface area (Å²) in [5.41, 5.74) is 0. The molecule has 1 aromatic rings. The van der Waals surface area contributed by atoms with E-state index in [2.05, 4.69) is 15.9 Å². The molecular weight excluding hydrogens is 300 g/mol. The van der Waals surface area contributed by atoms with E-state index in [0.717, 1.165) is 34.6 Å². The first-order valence-corrected chi connectivity index (χ1v) is 7.43. The number of allylic oxidation sites excluding steroid dienone is 1. The second-order valence-corrected chi connectivity index (χ2v) is 5.89. The molecule has 2 rings (SSSR count). The number of hydrogen-bond acceptors (Lipinski definition) is 3. The monoisotopic (exact) mass is 314 g/mol. The maximum atomic E-state index is 9.97. The maximum Gasteiger partial charge on any atom is 0.121 e. The Bertz CT molecular complexity index is 389. The van der Waals surface area contributed by atoms with E-state index in [9.17, 15) is 5.11 Å². The van der Waals surface area contributed by atoms with Crippen LogP contribution >= 0.6 is 27.7 Å². The van der Waals surface area contributed by atoms with Gasteiger partial charge in [-0.05, 0) is 43.2 Å². The molecule has 0 saturated heterocycles. The molecule has 1 aromatic carbocycles. The highest BCUT2D eigenvalue weighted by Crippen LogP contribution is 2.24. The summed E-state index contributed by atoms with van der Waals surface area (Å²) in [4.78, 5) is 1.16. The molecule has 0 radical (unpaired) electrons. The van der Waals surface area contributed by atoms with Gasteiger partial charge in [-0.1, -0.05) is 15.9 Å². The van der Waals surface area contributed by atoms with Gasteiger partial charge in [0.2, 0.25) is 0 Å². The Morgan fingerprint density at radius 2 is 2.12 bits per heavy atom. The van der Waals surface area contributed by atoms with Crippen LogP contribution in [0.3, 0.4) is 0 Å². The summed E-state index contributed by atoms with van der Waals surface area (Å²) in [6.45, 7) is 0.728. The lowest BCUT2D eigenvalue weighted by molar-refractivity contribution is 0.104. The molecule has 1 atom stereocenters. The Balaban J connectivity index is 1.85. The van der Waals surface area contributed by atoms with Crippen molar-refractivity contribution in [1.29, 1.82) is 0 Å². The van der Waals surface area contributed by atoms with E-state index in [1.807, 2.05) is 30.3 Å². The van der Waals surface area contributed by atoms with E-state index in [-0.39, 0.29) is 0 Å². The minimum Gasteiger partial charge on any atom is -0.495 e. The first-order chi connectivity index (χ1) is 8.25. The summed E-state index contributed by atoms with van der Waals surface area (Å²) in [6.07, 6.45) is 3.56. The van der Waals surface area contributed by atoms with Crippen molar-refractivity contribution in [3.63, 3.8) is 0 Å². The Kier molecular flexibility index (Phi) is 4.95. The van der Waals surface area contributed by atoms with Crippen molar-refractivity contribution in [1.82, 2.24) is 0 Å². The van der Waals surface area contributed by atoms with Crippen molar-refractivity contribution in [3.05, 3.63) is 40.6 Å². The summed E-state index contributed by atoms with van der Waals surface area (Å²) in [6, 6.07) is 8.09. The van der Waals surface area contributed by atoms with Gasteiger partial charge in [-0.15, -0.1) is 11.8 Å². The van der Waals surface area contributed by atoms with Gasteiger partial charge in [0.15, 0.2) is 0 Å². The SMILES string of the molecule is OC(CSc1ccc(Br)cc1)C1=CCCCO1. The lowest BCUT2D eigenvalue weighted by Gasteiger charge is -2.19. The molecule has 4 heteroatoms. The van der Waals surface area contributed by atoms with E-state index in [1.54, 1.807) is 11.8 Å². The third-order valence-electron chi connectivity index (χ3n) is 2.51. The largest absolute Gasteiger partial charge is 0.495 e. The molecule has 0 spiro atoms. The van der Waals surface area contributed by atoms with Crippen molar-refractivity contribution >= 4 is 27.7 Å². The lowest BCUT2D eigenvalue weighted by atomic mass is 10.2. The number of hydrogen-bond donors (Lipinski definition) is 1. The summed E-state index contributed by atoms with van der Waals surface area (Å²) >= 11 is 5.04. The van der Waals surface area contributed by atoms with Crippen LogP contribution in [0, 0.1) is 0 Å². The van der Waals surface area contributed by atoms with Crippen molar-refractivity contribution < 1.29 is 9.84 Å². The van der Waals surface area contributed by atoms with Crippen LogP contribution in [-0.4, -0.2) is 23.6 Å². The number of aliphatic hydroxyl groups is 1. The lowest BCUT2D eigenvalue weighted by Crippen LogP contribution is -2.18. The van der Waals surface area contributed by atoms with E-state index >= 15 is 0 Å². The Labute approximate surface area is 114 Å². The van der Waals surface area contributed by atoms with Gasteiger partial charge < -0.3 is 9.84 Å². The first kappa shape index (κ1) is 13.0. The highest BCUT2D eigenvalue weighted by atomic mass is 79.9. The number of aliphatic hydroxyl groups excluding tert-OH is 1. The minimum absolute atomic E-state index is 0.496. The highest BCUT2D eigenvalue weighted by molar-refractivity contribution is 9.10. The van der Waals surface area contributed by atoms with Gasteiger partial charge in [-0.2, -0.15) is 0 Å². The van der Waals surface area contributed by atoms with Gasteiger partial charge in [0.25, 0.3) is 0 Å². The number of rotatable bonds is 4. The summed E-state index contributed by atoms with van der Waals surface area (Å²) < 4.78 is 6.51. The van der Waals surface area contributed by atoms with Crippen LogP contribution in [0.15, 0.2) is 45.5 Å². The topological polar surface area (TPSA) is 29.5 Å². The maximum absolute atomic E-state index is 9.97. The predicted molar refractivity (Wildman–Crippen MR) is 74.1 cm³/mol. The molecule has 1 unspecified atom stereocenters. The molecule has 17 heavy (non-hydrogen) atoms. The average molecular weight is 315 g/mol. The molecule has 0 bridgehead atoms. The third-order valence-corrected chi connectivity index (χ3v) is 4.13. The number of halogens is 1. The van der Waals surface area contributed by atoms with Crippen LogP contribution in [0.2, 0.25) is 0 Å². The molecule has 0 fully saturated rings. The van der Waals surface area contributed by atoms with Crippen LogP contribution in [0.1, 0.15) is 12.8 Å². The zero-order chi connectivity index (χ0) is 12.1. The van der Waals surface area contributed by atoms with Gasteiger partial charge in [0.1, 0.15) is 11.9 Å². The number of ether oxygens (including phenoxy) is 1. The molecule has 0 amide bonds.